The van der Waals surface area contributed by atoms with Crippen LogP contribution in [0.25, 0.3) is 0 Å². The van der Waals surface area contributed by atoms with Crippen molar-refractivity contribution < 1.29 is 19.1 Å². The third kappa shape index (κ3) is 9.19. The average Bonchev–Trinajstić information content (AvgIpc) is 3.10. The van der Waals surface area contributed by atoms with Gasteiger partial charge in [0.05, 0.1) is 13.7 Å². The number of amides is 2. The average molecular weight is 369 g/mol. The molecule has 0 atom stereocenters. The van der Waals surface area contributed by atoms with Gasteiger partial charge >= 0.3 is 5.97 Å². The van der Waals surface area contributed by atoms with Crippen molar-refractivity contribution in [3.63, 3.8) is 0 Å². The Morgan fingerprint density at radius 2 is 2.00 bits per heavy atom. The first kappa shape index (κ1) is 21.1. The van der Waals surface area contributed by atoms with Crippen molar-refractivity contribution in [2.75, 3.05) is 25.5 Å². The molecule has 7 nitrogen and oxygen atoms in total. The highest BCUT2D eigenvalue weighted by molar-refractivity contribution is 7.13. The second-order valence-corrected chi connectivity index (χ2v) is 6.59. The fourth-order valence-electron chi connectivity index (χ4n) is 2.28. The van der Waals surface area contributed by atoms with Gasteiger partial charge in [-0.1, -0.05) is 26.2 Å². The smallest absolute Gasteiger partial charge is 0.305 e. The maximum Gasteiger partial charge on any atom is 0.305 e. The molecule has 1 aromatic heterocycles. The number of thiazole rings is 1. The summed E-state index contributed by atoms with van der Waals surface area (Å²) >= 11 is 1.33. The maximum atomic E-state index is 12.4. The Bertz CT molecular complexity index is 534. The Morgan fingerprint density at radius 1 is 1.20 bits per heavy atom. The summed E-state index contributed by atoms with van der Waals surface area (Å²) in [5.74, 6) is -0.703. The Hall–Kier alpha value is -1.96. The summed E-state index contributed by atoms with van der Waals surface area (Å²) in [4.78, 5) is 41.2. The van der Waals surface area contributed by atoms with Crippen LogP contribution in [-0.2, 0) is 19.1 Å². The Labute approximate surface area is 152 Å². The largest absolute Gasteiger partial charge is 0.469 e. The highest BCUT2D eigenvalue weighted by atomic mass is 32.1. The number of carbonyl (C=O) groups excluding carboxylic acids is 3. The summed E-state index contributed by atoms with van der Waals surface area (Å²) < 4.78 is 4.57. The Balaban J connectivity index is 2.49. The third-order valence-corrected chi connectivity index (χ3v) is 4.34. The normalized spacial score (nSPS) is 10.3. The number of methoxy groups -OCH3 is 1. The zero-order chi connectivity index (χ0) is 18.5. The SMILES string of the molecule is CCCCCCN(CC(=O)Nc1nccs1)C(=O)CCCC(=O)OC. The van der Waals surface area contributed by atoms with Gasteiger partial charge in [-0.05, 0) is 12.8 Å². The van der Waals surface area contributed by atoms with E-state index in [1.54, 1.807) is 16.5 Å². The van der Waals surface area contributed by atoms with Crippen LogP contribution in [0.5, 0.6) is 0 Å². The van der Waals surface area contributed by atoms with E-state index in [2.05, 4.69) is 22.0 Å². The van der Waals surface area contributed by atoms with E-state index in [9.17, 15) is 14.4 Å². The summed E-state index contributed by atoms with van der Waals surface area (Å²) in [6.45, 7) is 2.67. The molecule has 0 aliphatic rings. The molecule has 0 unspecified atom stereocenters. The summed E-state index contributed by atoms with van der Waals surface area (Å²) in [6.07, 6.45) is 6.57. The second kappa shape index (κ2) is 12.4. The maximum absolute atomic E-state index is 12.4. The van der Waals surface area contributed by atoms with Gasteiger partial charge in [-0.3, -0.25) is 14.4 Å². The molecule has 2 amide bonds. The van der Waals surface area contributed by atoms with Gasteiger partial charge in [-0.25, -0.2) is 4.98 Å². The van der Waals surface area contributed by atoms with Crippen LogP contribution in [0.15, 0.2) is 11.6 Å². The molecule has 0 aromatic carbocycles. The summed E-state index contributed by atoms with van der Waals surface area (Å²) in [6, 6.07) is 0. The molecule has 25 heavy (non-hydrogen) atoms. The topological polar surface area (TPSA) is 88.6 Å². The number of nitrogens with one attached hydrogen (secondary N) is 1. The van der Waals surface area contributed by atoms with Crippen molar-refractivity contribution >= 4 is 34.3 Å². The van der Waals surface area contributed by atoms with E-state index in [4.69, 9.17) is 0 Å². The summed E-state index contributed by atoms with van der Waals surface area (Å²) in [5.41, 5.74) is 0. The van der Waals surface area contributed by atoms with Gasteiger partial charge in [0.15, 0.2) is 5.13 Å². The van der Waals surface area contributed by atoms with E-state index in [1.807, 2.05) is 0 Å². The predicted octanol–water partition coefficient (Wildman–Crippen LogP) is 2.83. The van der Waals surface area contributed by atoms with Crippen LogP contribution in [-0.4, -0.2) is 47.9 Å². The van der Waals surface area contributed by atoms with E-state index in [0.29, 0.717) is 18.1 Å². The number of carbonyl (C=O) groups is 3. The van der Waals surface area contributed by atoms with Gasteiger partial charge in [0, 0.05) is 31.0 Å². The monoisotopic (exact) mass is 369 g/mol. The molecular formula is C17H27N3O4S. The van der Waals surface area contributed by atoms with Crippen LogP contribution in [0.2, 0.25) is 0 Å². The van der Waals surface area contributed by atoms with E-state index >= 15 is 0 Å². The van der Waals surface area contributed by atoms with E-state index in [0.717, 1.165) is 25.7 Å². The van der Waals surface area contributed by atoms with Crippen molar-refractivity contribution in [2.24, 2.45) is 0 Å². The zero-order valence-electron chi connectivity index (χ0n) is 15.0. The van der Waals surface area contributed by atoms with E-state index in [-0.39, 0.29) is 37.2 Å². The van der Waals surface area contributed by atoms with Crippen molar-refractivity contribution in [3.05, 3.63) is 11.6 Å². The van der Waals surface area contributed by atoms with Crippen molar-refractivity contribution in [1.29, 1.82) is 0 Å². The molecule has 8 heteroatoms. The lowest BCUT2D eigenvalue weighted by atomic mass is 10.1. The quantitative estimate of drug-likeness (QED) is 0.452. The van der Waals surface area contributed by atoms with Crippen LogP contribution in [0.3, 0.4) is 0 Å². The highest BCUT2D eigenvalue weighted by Gasteiger charge is 2.17. The predicted molar refractivity (Wildman–Crippen MR) is 97.3 cm³/mol. The molecule has 0 radical (unpaired) electrons. The Kier molecular flexibility index (Phi) is 10.5. The molecule has 0 saturated heterocycles. The summed E-state index contributed by atoms with van der Waals surface area (Å²) in [7, 11) is 1.33. The molecule has 1 aromatic rings. The molecule has 0 aliphatic carbocycles. The number of hydrogen-bond donors (Lipinski definition) is 1. The van der Waals surface area contributed by atoms with Crippen molar-refractivity contribution in [1.82, 2.24) is 9.88 Å². The molecule has 0 saturated carbocycles. The lowest BCUT2D eigenvalue weighted by molar-refractivity contribution is -0.141. The number of unbranched alkanes of at least 4 members (excludes halogenated alkanes) is 3. The molecule has 0 spiro atoms. The van der Waals surface area contributed by atoms with Gasteiger partial charge in [-0.15, -0.1) is 11.3 Å². The Morgan fingerprint density at radius 3 is 2.64 bits per heavy atom. The lowest BCUT2D eigenvalue weighted by Crippen LogP contribution is -2.38. The van der Waals surface area contributed by atoms with Crippen LogP contribution >= 0.6 is 11.3 Å². The molecular weight excluding hydrogens is 342 g/mol. The molecule has 1 heterocycles. The van der Waals surface area contributed by atoms with E-state index in [1.165, 1.54) is 18.4 Å². The lowest BCUT2D eigenvalue weighted by Gasteiger charge is -2.22. The van der Waals surface area contributed by atoms with Crippen LogP contribution in [0.1, 0.15) is 51.9 Å². The van der Waals surface area contributed by atoms with Gasteiger partial charge in [0.25, 0.3) is 0 Å². The molecule has 0 bridgehead atoms. The number of rotatable bonds is 12. The van der Waals surface area contributed by atoms with Crippen LogP contribution < -0.4 is 5.32 Å². The molecule has 0 aliphatic heterocycles. The zero-order valence-corrected chi connectivity index (χ0v) is 15.8. The second-order valence-electron chi connectivity index (χ2n) is 5.69. The number of esters is 1. The third-order valence-electron chi connectivity index (χ3n) is 3.65. The minimum Gasteiger partial charge on any atom is -0.469 e. The first-order chi connectivity index (χ1) is 12.1. The molecule has 0 fully saturated rings. The number of ether oxygens (including phenoxy) is 1. The number of nitrogens with zero attached hydrogens (tertiary/aromatic N) is 2. The number of aromatic nitrogens is 1. The minimum atomic E-state index is -0.330. The van der Waals surface area contributed by atoms with Crippen molar-refractivity contribution in [3.8, 4) is 0 Å². The van der Waals surface area contributed by atoms with Gasteiger partial charge < -0.3 is 15.0 Å². The van der Waals surface area contributed by atoms with Crippen LogP contribution in [0.4, 0.5) is 5.13 Å². The molecule has 1 N–H and O–H groups in total. The van der Waals surface area contributed by atoms with Gasteiger partial charge in [0.2, 0.25) is 11.8 Å². The van der Waals surface area contributed by atoms with E-state index < -0.39 is 0 Å². The minimum absolute atomic E-state index is 0.00274. The van der Waals surface area contributed by atoms with Crippen LogP contribution in [0, 0.1) is 0 Å². The highest BCUT2D eigenvalue weighted by Crippen LogP contribution is 2.11. The standard InChI is InChI=1S/C17H27N3O4S/c1-3-4-5-6-11-20(15(22)8-7-9-16(23)24-2)13-14(21)19-17-18-10-12-25-17/h10,12H,3-9,11,13H2,1-2H3,(H,18,19,21). The molecule has 1 rings (SSSR count). The number of hydrogen-bond acceptors (Lipinski definition) is 6. The van der Waals surface area contributed by atoms with Crippen molar-refractivity contribution in [2.45, 2.75) is 51.9 Å². The first-order valence-corrected chi connectivity index (χ1v) is 9.48. The fraction of sp³-hybridized carbons (Fsp3) is 0.647. The fourth-order valence-corrected chi connectivity index (χ4v) is 2.83. The first-order valence-electron chi connectivity index (χ1n) is 8.60. The van der Waals surface area contributed by atoms with Gasteiger partial charge in [0.1, 0.15) is 0 Å². The van der Waals surface area contributed by atoms with Gasteiger partial charge in [-0.2, -0.15) is 0 Å². The molecule has 140 valence electrons. The number of anilines is 1. The summed E-state index contributed by atoms with van der Waals surface area (Å²) in [5, 5.41) is 4.99.